The third kappa shape index (κ3) is 4.34. The van der Waals surface area contributed by atoms with Crippen LogP contribution in [0.5, 0.6) is 0 Å². The average Bonchev–Trinajstić information content (AvgIpc) is 2.39. The number of halogens is 1. The van der Waals surface area contributed by atoms with Crippen LogP contribution in [0.15, 0.2) is 60.0 Å². The standard InChI is InChI=1S/C15H13FO2S/c16-15-8-6-13(7-9-15)10-11-19(17,18)12-14-4-2-1-3-5-14/h1-11H,12H2/b11-10-. The molecule has 0 unspecified atom stereocenters. The van der Waals surface area contributed by atoms with Gasteiger partial charge in [0, 0.05) is 5.41 Å². The summed E-state index contributed by atoms with van der Waals surface area (Å²) in [6, 6.07) is 14.6. The Kier molecular flexibility index (Phi) is 4.12. The number of benzene rings is 2. The first-order valence-corrected chi connectivity index (χ1v) is 7.47. The Bertz CT molecular complexity index is 659. The zero-order valence-electron chi connectivity index (χ0n) is 10.2. The van der Waals surface area contributed by atoms with E-state index >= 15 is 0 Å². The molecule has 0 amide bonds. The molecule has 4 heteroatoms. The Morgan fingerprint density at radius 3 is 2.21 bits per heavy atom. The monoisotopic (exact) mass is 276 g/mol. The smallest absolute Gasteiger partial charge is 0.175 e. The maximum absolute atomic E-state index is 12.7. The topological polar surface area (TPSA) is 34.1 Å². The van der Waals surface area contributed by atoms with Crippen molar-refractivity contribution in [2.45, 2.75) is 5.75 Å². The van der Waals surface area contributed by atoms with Gasteiger partial charge in [-0.05, 0) is 29.3 Å². The van der Waals surface area contributed by atoms with Crippen molar-refractivity contribution >= 4 is 15.9 Å². The lowest BCUT2D eigenvalue weighted by Crippen LogP contribution is -1.99. The van der Waals surface area contributed by atoms with Crippen LogP contribution in [-0.2, 0) is 15.6 Å². The van der Waals surface area contributed by atoms with Crippen molar-refractivity contribution < 1.29 is 12.8 Å². The lowest BCUT2D eigenvalue weighted by atomic mass is 10.2. The van der Waals surface area contributed by atoms with Crippen molar-refractivity contribution in [3.8, 4) is 0 Å². The highest BCUT2D eigenvalue weighted by atomic mass is 32.2. The number of hydrogen-bond donors (Lipinski definition) is 0. The molecule has 0 radical (unpaired) electrons. The molecule has 0 N–H and O–H groups in total. The second-order valence-corrected chi connectivity index (χ2v) is 6.03. The SMILES string of the molecule is O=S(=O)(/C=C\c1ccc(F)cc1)Cc1ccccc1. The van der Waals surface area contributed by atoms with Gasteiger partial charge < -0.3 is 0 Å². The lowest BCUT2D eigenvalue weighted by Gasteiger charge is -1.99. The highest BCUT2D eigenvalue weighted by Crippen LogP contribution is 2.10. The molecule has 19 heavy (non-hydrogen) atoms. The first-order valence-electron chi connectivity index (χ1n) is 5.75. The molecule has 0 heterocycles. The van der Waals surface area contributed by atoms with Crippen LogP contribution in [0.25, 0.3) is 6.08 Å². The molecule has 0 fully saturated rings. The van der Waals surface area contributed by atoms with E-state index in [0.29, 0.717) is 5.56 Å². The van der Waals surface area contributed by atoms with E-state index in [9.17, 15) is 12.8 Å². The predicted molar refractivity (Wildman–Crippen MR) is 74.5 cm³/mol. The minimum atomic E-state index is -3.32. The van der Waals surface area contributed by atoms with E-state index in [-0.39, 0.29) is 11.6 Å². The summed E-state index contributed by atoms with van der Waals surface area (Å²) < 4.78 is 36.5. The van der Waals surface area contributed by atoms with Crippen LogP contribution in [-0.4, -0.2) is 8.42 Å². The fourth-order valence-corrected chi connectivity index (χ4v) is 2.73. The molecule has 0 atom stereocenters. The van der Waals surface area contributed by atoms with Gasteiger partial charge >= 0.3 is 0 Å². The van der Waals surface area contributed by atoms with E-state index in [1.54, 1.807) is 24.3 Å². The average molecular weight is 276 g/mol. The first kappa shape index (κ1) is 13.5. The van der Waals surface area contributed by atoms with Gasteiger partial charge in [-0.2, -0.15) is 0 Å². The fourth-order valence-electron chi connectivity index (χ4n) is 1.61. The summed E-state index contributed by atoms with van der Waals surface area (Å²) in [5, 5.41) is 1.16. The predicted octanol–water partition coefficient (Wildman–Crippen LogP) is 3.41. The third-order valence-electron chi connectivity index (χ3n) is 2.55. The molecule has 2 nitrogen and oxygen atoms in total. The van der Waals surface area contributed by atoms with Crippen LogP contribution < -0.4 is 0 Å². The molecule has 2 aromatic rings. The number of hydrogen-bond acceptors (Lipinski definition) is 2. The highest BCUT2D eigenvalue weighted by molar-refractivity contribution is 7.93. The normalized spacial score (nSPS) is 11.8. The Balaban J connectivity index is 2.11. The van der Waals surface area contributed by atoms with Gasteiger partial charge in [0.15, 0.2) is 9.84 Å². The molecule has 0 aliphatic carbocycles. The van der Waals surface area contributed by atoms with Crippen LogP contribution in [0, 0.1) is 5.82 Å². The zero-order chi connectivity index (χ0) is 13.7. The minimum absolute atomic E-state index is 0.0362. The van der Waals surface area contributed by atoms with Gasteiger partial charge in [-0.3, -0.25) is 0 Å². The second kappa shape index (κ2) is 5.80. The molecule has 0 aliphatic heterocycles. The summed E-state index contributed by atoms with van der Waals surface area (Å²) in [6.45, 7) is 0. The summed E-state index contributed by atoms with van der Waals surface area (Å²) >= 11 is 0. The third-order valence-corrected chi connectivity index (χ3v) is 3.83. The van der Waals surface area contributed by atoms with Crippen LogP contribution in [0.2, 0.25) is 0 Å². The van der Waals surface area contributed by atoms with Crippen molar-refractivity contribution in [2.24, 2.45) is 0 Å². The number of sulfone groups is 1. The van der Waals surface area contributed by atoms with E-state index < -0.39 is 9.84 Å². The molecular formula is C15H13FO2S. The van der Waals surface area contributed by atoms with Gasteiger partial charge in [0.1, 0.15) is 5.82 Å². The maximum atomic E-state index is 12.7. The largest absolute Gasteiger partial charge is 0.224 e. The summed E-state index contributed by atoms with van der Waals surface area (Å²) in [5.41, 5.74) is 1.39. The Morgan fingerprint density at radius 2 is 1.58 bits per heavy atom. The van der Waals surface area contributed by atoms with Crippen molar-refractivity contribution in [1.29, 1.82) is 0 Å². The van der Waals surface area contributed by atoms with Crippen molar-refractivity contribution in [1.82, 2.24) is 0 Å². The van der Waals surface area contributed by atoms with Gasteiger partial charge in [-0.15, -0.1) is 0 Å². The lowest BCUT2D eigenvalue weighted by molar-refractivity contribution is 0.604. The molecule has 0 saturated heterocycles. The van der Waals surface area contributed by atoms with Crippen molar-refractivity contribution in [3.05, 3.63) is 76.9 Å². The Hall–Kier alpha value is -1.94. The Morgan fingerprint density at radius 1 is 0.947 bits per heavy atom. The second-order valence-electron chi connectivity index (χ2n) is 4.15. The van der Waals surface area contributed by atoms with Crippen LogP contribution >= 0.6 is 0 Å². The summed E-state index contributed by atoms with van der Waals surface area (Å²) in [4.78, 5) is 0. The van der Waals surface area contributed by atoms with E-state index in [1.165, 1.54) is 30.3 Å². The molecule has 98 valence electrons. The first-order chi connectivity index (χ1) is 9.05. The summed E-state index contributed by atoms with van der Waals surface area (Å²) in [6.07, 6.45) is 1.47. The van der Waals surface area contributed by atoms with Crippen molar-refractivity contribution in [2.75, 3.05) is 0 Å². The zero-order valence-corrected chi connectivity index (χ0v) is 11.0. The van der Waals surface area contributed by atoms with Gasteiger partial charge in [0.2, 0.25) is 0 Å². The fraction of sp³-hybridized carbons (Fsp3) is 0.0667. The minimum Gasteiger partial charge on any atom is -0.224 e. The van der Waals surface area contributed by atoms with E-state index in [1.807, 2.05) is 6.07 Å². The van der Waals surface area contributed by atoms with E-state index in [0.717, 1.165) is 11.0 Å². The van der Waals surface area contributed by atoms with Crippen LogP contribution in [0.4, 0.5) is 4.39 Å². The van der Waals surface area contributed by atoms with Crippen LogP contribution in [0.3, 0.4) is 0 Å². The quantitative estimate of drug-likeness (QED) is 0.857. The highest BCUT2D eigenvalue weighted by Gasteiger charge is 2.07. The van der Waals surface area contributed by atoms with Gasteiger partial charge in [-0.1, -0.05) is 42.5 Å². The Labute approximate surface area is 112 Å². The van der Waals surface area contributed by atoms with Crippen LogP contribution in [0.1, 0.15) is 11.1 Å². The molecule has 0 aromatic heterocycles. The molecule has 0 spiro atoms. The summed E-state index contributed by atoms with van der Waals surface area (Å²) in [7, 11) is -3.32. The van der Waals surface area contributed by atoms with E-state index in [2.05, 4.69) is 0 Å². The molecule has 0 bridgehead atoms. The maximum Gasteiger partial charge on any atom is 0.175 e. The molecular weight excluding hydrogens is 263 g/mol. The molecule has 0 saturated carbocycles. The van der Waals surface area contributed by atoms with Gasteiger partial charge in [0.05, 0.1) is 5.75 Å². The molecule has 2 rings (SSSR count). The van der Waals surface area contributed by atoms with E-state index in [4.69, 9.17) is 0 Å². The van der Waals surface area contributed by atoms with Crippen molar-refractivity contribution in [3.63, 3.8) is 0 Å². The summed E-state index contributed by atoms with van der Waals surface area (Å²) in [5.74, 6) is -0.379. The number of rotatable bonds is 4. The van der Waals surface area contributed by atoms with Gasteiger partial charge in [0.25, 0.3) is 0 Å². The molecule has 2 aromatic carbocycles. The van der Waals surface area contributed by atoms with Gasteiger partial charge in [-0.25, -0.2) is 12.8 Å². The molecule has 0 aliphatic rings.